The molecule has 0 bridgehead atoms. The van der Waals surface area contributed by atoms with E-state index in [-0.39, 0.29) is 5.91 Å². The zero-order valence-corrected chi connectivity index (χ0v) is 13.1. The van der Waals surface area contributed by atoms with Crippen molar-refractivity contribution in [1.29, 1.82) is 0 Å². The molecule has 1 amide bonds. The van der Waals surface area contributed by atoms with E-state index in [2.05, 4.69) is 14.5 Å². The summed E-state index contributed by atoms with van der Waals surface area (Å²) in [7, 11) is 0. The van der Waals surface area contributed by atoms with Crippen molar-refractivity contribution in [1.82, 2.24) is 23.8 Å². The van der Waals surface area contributed by atoms with Gasteiger partial charge in [-0.3, -0.25) is 4.79 Å². The summed E-state index contributed by atoms with van der Waals surface area (Å²) in [4.78, 5) is 23.3. The zero-order chi connectivity index (χ0) is 15.8. The van der Waals surface area contributed by atoms with Crippen molar-refractivity contribution in [3.8, 4) is 0 Å². The quantitative estimate of drug-likeness (QED) is 0.730. The Bertz CT molecular complexity index is 836. The second-order valence-corrected chi connectivity index (χ2v) is 6.08. The molecule has 0 aromatic carbocycles. The maximum Gasteiger partial charge on any atom is 0.274 e. The standard InChI is InChI=1S/C17H19N5O/c1-13-4-2-6-16-19-15(11-22(13)16)17(23)20-8-3-5-14(10-20)21-9-7-18-12-21/h2,4,6-7,9,11-12,14H,3,5,8,10H2,1H3/t14-/m1/s1. The minimum Gasteiger partial charge on any atom is -0.335 e. The Kier molecular flexibility index (Phi) is 3.37. The molecule has 1 fully saturated rings. The summed E-state index contributed by atoms with van der Waals surface area (Å²) in [6.07, 6.45) is 9.49. The van der Waals surface area contributed by atoms with Crippen LogP contribution >= 0.6 is 0 Å². The Morgan fingerprint density at radius 1 is 1.35 bits per heavy atom. The first kappa shape index (κ1) is 14.0. The summed E-state index contributed by atoms with van der Waals surface area (Å²) in [5, 5.41) is 0. The van der Waals surface area contributed by atoms with Gasteiger partial charge < -0.3 is 13.9 Å². The van der Waals surface area contributed by atoms with Crippen LogP contribution in [0.25, 0.3) is 5.65 Å². The van der Waals surface area contributed by atoms with Crippen LogP contribution in [0.2, 0.25) is 0 Å². The van der Waals surface area contributed by atoms with E-state index >= 15 is 0 Å². The van der Waals surface area contributed by atoms with Gasteiger partial charge in [0.2, 0.25) is 0 Å². The Morgan fingerprint density at radius 2 is 2.26 bits per heavy atom. The first-order valence-electron chi connectivity index (χ1n) is 7.94. The highest BCUT2D eigenvalue weighted by molar-refractivity contribution is 5.93. The Hall–Kier alpha value is -2.63. The Labute approximate surface area is 134 Å². The first-order chi connectivity index (χ1) is 11.2. The molecule has 3 aromatic heterocycles. The van der Waals surface area contributed by atoms with E-state index in [1.165, 1.54) is 0 Å². The highest BCUT2D eigenvalue weighted by atomic mass is 16.2. The van der Waals surface area contributed by atoms with Crippen LogP contribution in [0, 0.1) is 6.92 Å². The Balaban J connectivity index is 1.58. The predicted octanol–water partition coefficient (Wildman–Crippen LogP) is 2.32. The molecule has 0 N–H and O–H groups in total. The maximum absolute atomic E-state index is 12.8. The van der Waals surface area contributed by atoms with E-state index in [1.807, 2.05) is 53.1 Å². The van der Waals surface area contributed by atoms with E-state index in [0.29, 0.717) is 18.3 Å². The summed E-state index contributed by atoms with van der Waals surface area (Å²) in [6, 6.07) is 6.20. The summed E-state index contributed by atoms with van der Waals surface area (Å²) in [5.41, 5.74) is 2.41. The predicted molar refractivity (Wildman–Crippen MR) is 86.3 cm³/mol. The number of rotatable bonds is 2. The molecule has 4 rings (SSSR count). The monoisotopic (exact) mass is 309 g/mol. The summed E-state index contributed by atoms with van der Waals surface area (Å²) >= 11 is 0. The number of fused-ring (bicyclic) bond motifs is 1. The van der Waals surface area contributed by atoms with Crippen LogP contribution in [0.3, 0.4) is 0 Å². The molecular weight excluding hydrogens is 290 g/mol. The molecule has 0 spiro atoms. The largest absolute Gasteiger partial charge is 0.335 e. The van der Waals surface area contributed by atoms with Crippen LogP contribution in [0.15, 0.2) is 43.1 Å². The number of nitrogens with zero attached hydrogens (tertiary/aromatic N) is 5. The van der Waals surface area contributed by atoms with Crippen molar-refractivity contribution in [2.75, 3.05) is 13.1 Å². The summed E-state index contributed by atoms with van der Waals surface area (Å²) < 4.78 is 4.05. The van der Waals surface area contributed by atoms with Crippen molar-refractivity contribution in [3.63, 3.8) is 0 Å². The second kappa shape index (κ2) is 5.53. The van der Waals surface area contributed by atoms with Crippen molar-refractivity contribution >= 4 is 11.6 Å². The fourth-order valence-electron chi connectivity index (χ4n) is 3.28. The highest BCUT2D eigenvalue weighted by Gasteiger charge is 2.26. The second-order valence-electron chi connectivity index (χ2n) is 6.08. The number of likely N-dealkylation sites (tertiary alicyclic amines) is 1. The molecule has 0 radical (unpaired) electrons. The van der Waals surface area contributed by atoms with Gasteiger partial charge in [-0.25, -0.2) is 9.97 Å². The molecule has 1 aliphatic heterocycles. The smallest absolute Gasteiger partial charge is 0.274 e. The van der Waals surface area contributed by atoms with Gasteiger partial charge in [-0.05, 0) is 31.9 Å². The number of pyridine rings is 1. The number of hydrogen-bond donors (Lipinski definition) is 0. The van der Waals surface area contributed by atoms with E-state index in [9.17, 15) is 4.79 Å². The van der Waals surface area contributed by atoms with Crippen LogP contribution in [0.1, 0.15) is 35.1 Å². The average Bonchev–Trinajstić information content (AvgIpc) is 3.24. The molecule has 1 aliphatic rings. The van der Waals surface area contributed by atoms with Gasteiger partial charge in [0.15, 0.2) is 0 Å². The third-order valence-corrected chi connectivity index (χ3v) is 4.55. The van der Waals surface area contributed by atoms with Gasteiger partial charge in [0.1, 0.15) is 11.3 Å². The van der Waals surface area contributed by atoms with Gasteiger partial charge in [0, 0.05) is 37.4 Å². The number of carbonyl (C=O) groups excluding carboxylic acids is 1. The fraction of sp³-hybridized carbons (Fsp3) is 0.353. The lowest BCUT2D eigenvalue weighted by Gasteiger charge is -2.32. The van der Waals surface area contributed by atoms with Crippen LogP contribution in [-0.4, -0.2) is 42.8 Å². The first-order valence-corrected chi connectivity index (χ1v) is 7.94. The van der Waals surface area contributed by atoms with Gasteiger partial charge >= 0.3 is 0 Å². The Morgan fingerprint density at radius 3 is 3.04 bits per heavy atom. The summed E-state index contributed by atoms with van der Waals surface area (Å²) in [5.74, 6) is 0.0120. The van der Waals surface area contributed by atoms with Gasteiger partial charge in [-0.1, -0.05) is 6.07 Å². The fourth-order valence-corrected chi connectivity index (χ4v) is 3.28. The number of hydrogen-bond acceptors (Lipinski definition) is 3. The lowest BCUT2D eigenvalue weighted by atomic mass is 10.1. The third kappa shape index (κ3) is 2.50. The average molecular weight is 309 g/mol. The van der Waals surface area contributed by atoms with Crippen LogP contribution < -0.4 is 0 Å². The number of piperidine rings is 1. The molecule has 4 heterocycles. The molecule has 6 nitrogen and oxygen atoms in total. The molecule has 1 atom stereocenters. The number of amides is 1. The van der Waals surface area contributed by atoms with E-state index < -0.39 is 0 Å². The van der Waals surface area contributed by atoms with Crippen molar-refractivity contribution < 1.29 is 4.79 Å². The normalized spacial score (nSPS) is 18.5. The molecule has 118 valence electrons. The molecule has 23 heavy (non-hydrogen) atoms. The van der Waals surface area contributed by atoms with Crippen molar-refractivity contribution in [2.45, 2.75) is 25.8 Å². The van der Waals surface area contributed by atoms with E-state index in [0.717, 1.165) is 30.7 Å². The number of imidazole rings is 2. The summed E-state index contributed by atoms with van der Waals surface area (Å²) in [6.45, 7) is 3.51. The number of aromatic nitrogens is 4. The lowest BCUT2D eigenvalue weighted by Crippen LogP contribution is -2.40. The molecule has 0 aliphatic carbocycles. The molecule has 0 saturated carbocycles. The molecule has 3 aromatic rings. The molecule has 6 heteroatoms. The van der Waals surface area contributed by atoms with Crippen LogP contribution in [-0.2, 0) is 0 Å². The number of carbonyl (C=O) groups is 1. The third-order valence-electron chi connectivity index (χ3n) is 4.55. The lowest BCUT2D eigenvalue weighted by molar-refractivity contribution is 0.0674. The van der Waals surface area contributed by atoms with Gasteiger partial charge in [0.05, 0.1) is 12.4 Å². The van der Waals surface area contributed by atoms with Crippen LogP contribution in [0.5, 0.6) is 0 Å². The van der Waals surface area contributed by atoms with E-state index in [1.54, 1.807) is 6.20 Å². The molecular formula is C17H19N5O. The highest BCUT2D eigenvalue weighted by Crippen LogP contribution is 2.22. The minimum absolute atomic E-state index is 0.0120. The maximum atomic E-state index is 12.8. The van der Waals surface area contributed by atoms with Crippen molar-refractivity contribution in [2.24, 2.45) is 0 Å². The zero-order valence-electron chi connectivity index (χ0n) is 13.1. The van der Waals surface area contributed by atoms with Gasteiger partial charge in [-0.15, -0.1) is 0 Å². The topological polar surface area (TPSA) is 55.4 Å². The van der Waals surface area contributed by atoms with Gasteiger partial charge in [-0.2, -0.15) is 0 Å². The van der Waals surface area contributed by atoms with Crippen molar-refractivity contribution in [3.05, 3.63) is 54.5 Å². The number of aryl methyl sites for hydroxylation is 1. The van der Waals surface area contributed by atoms with Crippen LogP contribution in [0.4, 0.5) is 0 Å². The molecule has 0 unspecified atom stereocenters. The molecule has 1 saturated heterocycles. The van der Waals surface area contributed by atoms with Gasteiger partial charge in [0.25, 0.3) is 5.91 Å². The minimum atomic E-state index is 0.0120. The van der Waals surface area contributed by atoms with E-state index in [4.69, 9.17) is 0 Å². The SMILES string of the molecule is Cc1cccc2nc(C(=O)N3CCC[C@@H](n4ccnc4)C3)cn12.